The zero-order chi connectivity index (χ0) is 25.7. The fourth-order valence-corrected chi connectivity index (χ4v) is 4.85. The molecule has 2 saturated heterocycles. The second-order valence-electron chi connectivity index (χ2n) is 8.88. The van der Waals surface area contributed by atoms with Gasteiger partial charge in [0.05, 0.1) is 29.9 Å². The molecule has 0 aliphatic carbocycles. The molecule has 0 saturated carbocycles. The summed E-state index contributed by atoms with van der Waals surface area (Å²) in [5, 5.41) is 17.2. The van der Waals surface area contributed by atoms with Crippen LogP contribution in [-0.2, 0) is 19.1 Å². The molecular formula is C25H29ClN6O4. The van der Waals surface area contributed by atoms with E-state index >= 15 is 0 Å². The van der Waals surface area contributed by atoms with Crippen molar-refractivity contribution in [2.75, 3.05) is 38.6 Å². The first-order chi connectivity index (χ1) is 17.4. The van der Waals surface area contributed by atoms with Crippen LogP contribution in [0.15, 0.2) is 35.8 Å². The lowest BCUT2D eigenvalue weighted by Gasteiger charge is -2.28. The summed E-state index contributed by atoms with van der Waals surface area (Å²) in [7, 11) is 1.19. The van der Waals surface area contributed by atoms with Crippen LogP contribution < -0.4 is 10.6 Å². The molecule has 190 valence electrons. The molecule has 1 aromatic carbocycles. The van der Waals surface area contributed by atoms with Crippen LogP contribution in [0.3, 0.4) is 0 Å². The molecule has 1 aromatic heterocycles. The number of nitrogens with one attached hydrogen (secondary N) is 3. The Morgan fingerprint density at radius 3 is 2.69 bits per heavy atom. The van der Waals surface area contributed by atoms with Crippen LogP contribution in [0.25, 0.3) is 10.9 Å². The molecule has 3 heterocycles. The van der Waals surface area contributed by atoms with Crippen molar-refractivity contribution < 1.29 is 19.1 Å². The van der Waals surface area contributed by atoms with Crippen LogP contribution in [0, 0.1) is 11.3 Å². The van der Waals surface area contributed by atoms with E-state index in [-0.39, 0.29) is 29.8 Å². The van der Waals surface area contributed by atoms with E-state index in [0.29, 0.717) is 29.2 Å². The Labute approximate surface area is 214 Å². The molecule has 0 spiro atoms. The van der Waals surface area contributed by atoms with Gasteiger partial charge >= 0.3 is 5.97 Å². The Kier molecular flexibility index (Phi) is 8.00. The molecule has 0 unspecified atom stereocenters. The van der Waals surface area contributed by atoms with Gasteiger partial charge in [0.15, 0.2) is 5.57 Å². The lowest BCUT2D eigenvalue weighted by molar-refractivity contribution is -0.140. The normalized spacial score (nSPS) is 18.9. The maximum absolute atomic E-state index is 13.5. The topological polar surface area (TPSA) is 131 Å². The Balaban J connectivity index is 1.61. The highest BCUT2D eigenvalue weighted by atomic mass is 35.5. The number of nitriles is 1. The molecular weight excluding hydrogens is 484 g/mol. The Bertz CT molecular complexity index is 1230. The third-order valence-corrected chi connectivity index (χ3v) is 6.87. The fourth-order valence-electron chi connectivity index (χ4n) is 4.64. The average molecular weight is 513 g/mol. The van der Waals surface area contributed by atoms with Gasteiger partial charge < -0.3 is 30.2 Å². The largest absolute Gasteiger partial charge is 0.465 e. The molecule has 3 N–H and O–H groups in total. The number of halogens is 1. The number of rotatable bonds is 7. The molecule has 2 aliphatic rings. The number of fused-ring (bicyclic) bond motifs is 1. The summed E-state index contributed by atoms with van der Waals surface area (Å²) in [4.78, 5) is 45.1. The van der Waals surface area contributed by atoms with Crippen molar-refractivity contribution in [2.45, 2.75) is 38.1 Å². The van der Waals surface area contributed by atoms with Gasteiger partial charge in [-0.15, -0.1) is 0 Å². The number of hydrogen-bond acceptors (Lipinski definition) is 7. The summed E-state index contributed by atoms with van der Waals surface area (Å²) in [6.45, 7) is 1.94. The molecule has 2 fully saturated rings. The second kappa shape index (κ2) is 11.4. The van der Waals surface area contributed by atoms with Gasteiger partial charge in [0.2, 0.25) is 11.8 Å². The molecule has 2 aromatic rings. The summed E-state index contributed by atoms with van der Waals surface area (Å²) >= 11 is 6.25. The number of para-hydroxylation sites is 1. The van der Waals surface area contributed by atoms with Crippen LogP contribution in [0.1, 0.15) is 32.1 Å². The number of carbonyl (C=O) groups is 3. The van der Waals surface area contributed by atoms with Gasteiger partial charge in [-0.25, -0.2) is 4.79 Å². The molecule has 1 atom stereocenters. The number of likely N-dealkylation sites (tertiary alicyclic amines) is 2. The van der Waals surface area contributed by atoms with Gasteiger partial charge in [0.1, 0.15) is 17.9 Å². The third kappa shape index (κ3) is 5.41. The SMILES string of the molecule is COC(=O)/C(C#N)=C(\Nc1cccc2c(Cl)c[nH]c12)N[C@H]1CCCCN(CC(=O)N2CCCC2)C1=O. The molecule has 0 radical (unpaired) electrons. The number of anilines is 1. The number of methoxy groups -OCH3 is 1. The highest BCUT2D eigenvalue weighted by Gasteiger charge is 2.32. The van der Waals surface area contributed by atoms with Gasteiger partial charge in [-0.2, -0.15) is 5.26 Å². The summed E-state index contributed by atoms with van der Waals surface area (Å²) in [5.41, 5.74) is 0.929. The molecule has 2 amide bonds. The van der Waals surface area contributed by atoms with E-state index in [1.165, 1.54) is 7.11 Å². The minimum Gasteiger partial charge on any atom is -0.465 e. The van der Waals surface area contributed by atoms with E-state index in [0.717, 1.165) is 44.2 Å². The fraction of sp³-hybridized carbons (Fsp3) is 0.440. The molecule has 36 heavy (non-hydrogen) atoms. The molecule has 11 heteroatoms. The molecule has 2 aliphatic heterocycles. The summed E-state index contributed by atoms with van der Waals surface area (Å²) in [6, 6.07) is 6.54. The zero-order valence-electron chi connectivity index (χ0n) is 20.1. The number of aromatic amines is 1. The van der Waals surface area contributed by atoms with E-state index < -0.39 is 12.0 Å². The van der Waals surface area contributed by atoms with Crippen molar-refractivity contribution in [3.63, 3.8) is 0 Å². The predicted octanol–water partition coefficient (Wildman–Crippen LogP) is 2.73. The third-order valence-electron chi connectivity index (χ3n) is 6.56. The first-order valence-electron chi connectivity index (χ1n) is 12.0. The number of H-pyrrole nitrogens is 1. The smallest absolute Gasteiger partial charge is 0.352 e. The Morgan fingerprint density at radius 1 is 1.22 bits per heavy atom. The number of nitrogens with zero attached hydrogens (tertiary/aromatic N) is 3. The van der Waals surface area contributed by atoms with Crippen LogP contribution in [0.4, 0.5) is 5.69 Å². The van der Waals surface area contributed by atoms with Crippen LogP contribution >= 0.6 is 11.6 Å². The van der Waals surface area contributed by atoms with Crippen molar-refractivity contribution >= 4 is 46.0 Å². The van der Waals surface area contributed by atoms with E-state index in [2.05, 4.69) is 15.6 Å². The van der Waals surface area contributed by atoms with E-state index in [4.69, 9.17) is 16.3 Å². The first kappa shape index (κ1) is 25.4. The van der Waals surface area contributed by atoms with Crippen LogP contribution in [0.2, 0.25) is 5.02 Å². The predicted molar refractivity (Wildman–Crippen MR) is 135 cm³/mol. The lowest BCUT2D eigenvalue weighted by Crippen LogP contribution is -2.49. The maximum Gasteiger partial charge on any atom is 0.352 e. The number of amides is 2. The van der Waals surface area contributed by atoms with Crippen molar-refractivity contribution in [3.05, 3.63) is 40.8 Å². The van der Waals surface area contributed by atoms with Gasteiger partial charge in [0, 0.05) is 31.2 Å². The molecule has 0 bridgehead atoms. The molecule has 4 rings (SSSR count). The van der Waals surface area contributed by atoms with E-state index in [9.17, 15) is 19.6 Å². The number of ether oxygens (including phenoxy) is 1. The summed E-state index contributed by atoms with van der Waals surface area (Å²) in [6.07, 6.45) is 5.58. The van der Waals surface area contributed by atoms with Crippen molar-refractivity contribution in [3.8, 4) is 6.07 Å². The average Bonchev–Trinajstić information content (AvgIpc) is 3.52. The van der Waals surface area contributed by atoms with Crippen molar-refractivity contribution in [1.82, 2.24) is 20.1 Å². The zero-order valence-corrected chi connectivity index (χ0v) is 20.9. The van der Waals surface area contributed by atoms with Crippen molar-refractivity contribution in [1.29, 1.82) is 5.26 Å². The monoisotopic (exact) mass is 512 g/mol. The van der Waals surface area contributed by atoms with Gasteiger partial charge in [-0.1, -0.05) is 23.7 Å². The quantitative estimate of drug-likeness (QED) is 0.295. The number of aromatic nitrogens is 1. The van der Waals surface area contributed by atoms with Gasteiger partial charge in [0.25, 0.3) is 0 Å². The Hall–Kier alpha value is -3.71. The highest BCUT2D eigenvalue weighted by Crippen LogP contribution is 2.29. The highest BCUT2D eigenvalue weighted by molar-refractivity contribution is 6.35. The van der Waals surface area contributed by atoms with Gasteiger partial charge in [-0.3, -0.25) is 9.59 Å². The van der Waals surface area contributed by atoms with E-state index in [1.54, 1.807) is 28.1 Å². The van der Waals surface area contributed by atoms with Crippen LogP contribution in [0.5, 0.6) is 0 Å². The summed E-state index contributed by atoms with van der Waals surface area (Å²) < 4.78 is 4.81. The molecule has 10 nitrogen and oxygen atoms in total. The number of hydrogen-bond donors (Lipinski definition) is 3. The maximum atomic E-state index is 13.5. The van der Waals surface area contributed by atoms with Gasteiger partial charge in [-0.05, 0) is 38.2 Å². The number of esters is 1. The minimum atomic E-state index is -0.841. The standard InChI is InChI=1S/C25H29ClN6O4/c1-36-25(35)17(13-27)23(29-19-9-6-7-16-18(26)14-28-22(16)19)30-20-8-2-3-12-32(24(20)34)15-21(33)31-10-4-5-11-31/h6-7,9,14,20,28-30H,2-5,8,10-12,15H2,1H3/b23-17+/t20-/m0/s1. The Morgan fingerprint density at radius 2 is 1.97 bits per heavy atom. The summed E-state index contributed by atoms with van der Waals surface area (Å²) in [5.74, 6) is -1.10. The first-order valence-corrected chi connectivity index (χ1v) is 12.4. The second-order valence-corrected chi connectivity index (χ2v) is 9.29. The minimum absolute atomic E-state index is 0.0197. The number of carbonyl (C=O) groups excluding carboxylic acids is 3. The lowest BCUT2D eigenvalue weighted by atomic mass is 10.1. The van der Waals surface area contributed by atoms with Crippen LogP contribution in [-0.4, -0.2) is 71.9 Å². The van der Waals surface area contributed by atoms with Crippen molar-refractivity contribution in [2.24, 2.45) is 0 Å². The number of benzene rings is 1. The van der Waals surface area contributed by atoms with E-state index in [1.807, 2.05) is 12.1 Å².